The number of amides is 1. The predicted molar refractivity (Wildman–Crippen MR) is 124 cm³/mol. The molecule has 0 fully saturated rings. The summed E-state index contributed by atoms with van der Waals surface area (Å²) in [6.07, 6.45) is 1.49. The van der Waals surface area contributed by atoms with Crippen molar-refractivity contribution in [3.05, 3.63) is 63.6 Å². The number of nitrogens with two attached hydrogens (primary N) is 1. The van der Waals surface area contributed by atoms with Gasteiger partial charge in [0, 0.05) is 21.8 Å². The highest BCUT2D eigenvalue weighted by Crippen LogP contribution is 2.20. The number of rotatable bonds is 8. The Bertz CT molecular complexity index is 1130. The van der Waals surface area contributed by atoms with E-state index in [1.54, 1.807) is 42.5 Å². The molecule has 0 radical (unpaired) electrons. The van der Waals surface area contributed by atoms with Gasteiger partial charge in [0.25, 0.3) is 5.95 Å². The third kappa shape index (κ3) is 6.20. The van der Waals surface area contributed by atoms with Gasteiger partial charge >= 0.3 is 0 Å². The Morgan fingerprint density at radius 3 is 2.61 bits per heavy atom. The van der Waals surface area contributed by atoms with E-state index >= 15 is 0 Å². The average molecular weight is 478 g/mol. The molecule has 31 heavy (non-hydrogen) atoms. The molecule has 0 saturated heterocycles. The number of nitrogens with one attached hydrogen (secondary N) is 2. The molecule has 0 aliphatic heterocycles. The van der Waals surface area contributed by atoms with Crippen LogP contribution in [0.15, 0.2) is 52.7 Å². The minimum Gasteiger partial charge on any atom is -0.334 e. The Morgan fingerprint density at radius 1 is 1.19 bits per heavy atom. The molecule has 0 aliphatic carbocycles. The van der Waals surface area contributed by atoms with E-state index in [-0.39, 0.29) is 23.4 Å². The molecular weight excluding hydrogens is 461 g/mol. The second-order valence-electron chi connectivity index (χ2n) is 6.18. The first kappa shape index (κ1) is 22.6. The Balaban J connectivity index is 1.53. The van der Waals surface area contributed by atoms with E-state index in [9.17, 15) is 9.59 Å². The summed E-state index contributed by atoms with van der Waals surface area (Å²) in [6.45, 7) is 1.48. The Kier molecular flexibility index (Phi) is 7.50. The number of nitrogen functional groups attached to an aromatic ring is 1. The van der Waals surface area contributed by atoms with E-state index in [2.05, 4.69) is 26.0 Å². The second-order valence-corrected chi connectivity index (χ2v) is 7.97. The number of hydrazone groups is 1. The van der Waals surface area contributed by atoms with Crippen LogP contribution in [0, 0.1) is 0 Å². The molecule has 0 aliphatic rings. The molecule has 0 bridgehead atoms. The number of hydrogen-bond donors (Lipinski definition) is 3. The number of ketones is 1. The van der Waals surface area contributed by atoms with Crippen molar-refractivity contribution in [2.75, 3.05) is 22.3 Å². The highest BCUT2D eigenvalue weighted by molar-refractivity contribution is 7.99. The van der Waals surface area contributed by atoms with Gasteiger partial charge in [-0.25, -0.2) is 10.1 Å². The topological polar surface area (TPSA) is 127 Å². The first-order chi connectivity index (χ1) is 14.8. The van der Waals surface area contributed by atoms with Crippen LogP contribution >= 0.6 is 35.0 Å². The van der Waals surface area contributed by atoms with Crippen molar-refractivity contribution in [3.8, 4) is 0 Å². The molecule has 0 unspecified atom stereocenters. The van der Waals surface area contributed by atoms with E-state index in [0.29, 0.717) is 32.0 Å². The number of aromatic nitrogens is 3. The molecule has 1 amide bonds. The van der Waals surface area contributed by atoms with Crippen LogP contribution in [0.2, 0.25) is 10.0 Å². The minimum absolute atomic E-state index is 0.0410. The largest absolute Gasteiger partial charge is 0.334 e. The minimum atomic E-state index is -0.256. The van der Waals surface area contributed by atoms with Gasteiger partial charge in [-0.05, 0) is 43.3 Å². The first-order valence-electron chi connectivity index (χ1n) is 8.82. The van der Waals surface area contributed by atoms with Gasteiger partial charge in [0.1, 0.15) is 0 Å². The summed E-state index contributed by atoms with van der Waals surface area (Å²) in [5.74, 6) is 5.89. The average Bonchev–Trinajstić information content (AvgIpc) is 3.08. The van der Waals surface area contributed by atoms with Crippen LogP contribution in [-0.4, -0.2) is 38.5 Å². The maximum absolute atomic E-state index is 12.1. The van der Waals surface area contributed by atoms with Crippen LogP contribution in [0.1, 0.15) is 22.8 Å². The third-order valence-electron chi connectivity index (χ3n) is 3.90. The zero-order chi connectivity index (χ0) is 22.4. The summed E-state index contributed by atoms with van der Waals surface area (Å²) >= 11 is 13.0. The first-order valence-corrected chi connectivity index (χ1v) is 10.6. The maximum atomic E-state index is 12.1. The lowest BCUT2D eigenvalue weighted by Crippen LogP contribution is -2.17. The van der Waals surface area contributed by atoms with Crippen molar-refractivity contribution in [1.29, 1.82) is 0 Å². The van der Waals surface area contributed by atoms with Crippen molar-refractivity contribution in [1.82, 2.24) is 14.9 Å². The predicted octanol–water partition coefficient (Wildman–Crippen LogP) is 3.68. The molecule has 0 spiro atoms. The molecule has 12 heteroatoms. The Morgan fingerprint density at radius 2 is 1.94 bits per heavy atom. The number of hydrogen-bond acceptors (Lipinski definition) is 8. The van der Waals surface area contributed by atoms with E-state index in [1.165, 1.54) is 17.8 Å². The van der Waals surface area contributed by atoms with Crippen LogP contribution in [-0.2, 0) is 4.79 Å². The lowest BCUT2D eigenvalue weighted by atomic mass is 10.1. The molecule has 9 nitrogen and oxygen atoms in total. The van der Waals surface area contributed by atoms with Gasteiger partial charge < -0.3 is 11.2 Å². The monoisotopic (exact) mass is 477 g/mol. The summed E-state index contributed by atoms with van der Waals surface area (Å²) in [4.78, 5) is 23.4. The highest BCUT2D eigenvalue weighted by atomic mass is 35.5. The molecule has 4 N–H and O–H groups in total. The summed E-state index contributed by atoms with van der Waals surface area (Å²) in [7, 11) is 0. The van der Waals surface area contributed by atoms with Crippen molar-refractivity contribution in [2.45, 2.75) is 12.1 Å². The van der Waals surface area contributed by atoms with E-state index in [4.69, 9.17) is 29.0 Å². The van der Waals surface area contributed by atoms with E-state index in [0.717, 1.165) is 11.8 Å². The van der Waals surface area contributed by atoms with Crippen LogP contribution < -0.4 is 16.6 Å². The number of benzene rings is 2. The van der Waals surface area contributed by atoms with Crippen molar-refractivity contribution < 1.29 is 9.59 Å². The fourth-order valence-corrected chi connectivity index (χ4v) is 3.45. The van der Waals surface area contributed by atoms with Gasteiger partial charge in [0.05, 0.1) is 17.0 Å². The van der Waals surface area contributed by atoms with Gasteiger partial charge in [-0.15, -0.1) is 10.2 Å². The number of halogens is 2. The molecule has 160 valence electrons. The maximum Gasteiger partial charge on any atom is 0.264 e. The normalized spacial score (nSPS) is 10.9. The number of thioether (sulfide) groups is 1. The SMILES string of the molecule is CC(=O)c1ccc(NC(=O)CSc2nnc(N/N=C/c3ccc(Cl)cc3Cl)n2N)cc1. The van der Waals surface area contributed by atoms with Crippen LogP contribution in [0.4, 0.5) is 11.6 Å². The van der Waals surface area contributed by atoms with Crippen LogP contribution in [0.3, 0.4) is 0 Å². The molecule has 3 rings (SSSR count). The molecule has 0 atom stereocenters. The Labute approximate surface area is 192 Å². The summed E-state index contributed by atoms with van der Waals surface area (Å²) in [5, 5.41) is 15.9. The third-order valence-corrected chi connectivity index (χ3v) is 5.41. The number of carbonyl (C=O) groups excluding carboxylic acids is 2. The van der Waals surface area contributed by atoms with Crippen LogP contribution in [0.25, 0.3) is 0 Å². The molecule has 3 aromatic rings. The van der Waals surface area contributed by atoms with E-state index < -0.39 is 0 Å². The lowest BCUT2D eigenvalue weighted by Gasteiger charge is -2.06. The molecule has 1 aromatic heterocycles. The van der Waals surface area contributed by atoms with Gasteiger partial charge in [0.2, 0.25) is 11.1 Å². The molecule has 0 saturated carbocycles. The molecule has 1 heterocycles. The van der Waals surface area contributed by atoms with Crippen molar-refractivity contribution in [3.63, 3.8) is 0 Å². The molecule has 2 aromatic carbocycles. The van der Waals surface area contributed by atoms with Crippen molar-refractivity contribution in [2.24, 2.45) is 5.10 Å². The molecular formula is C19H17Cl2N7O2S. The second kappa shape index (κ2) is 10.3. The zero-order valence-corrected chi connectivity index (χ0v) is 18.5. The van der Waals surface area contributed by atoms with Gasteiger partial charge in [-0.2, -0.15) is 5.10 Å². The number of carbonyl (C=O) groups is 2. The van der Waals surface area contributed by atoms with Gasteiger partial charge in [-0.1, -0.05) is 41.0 Å². The highest BCUT2D eigenvalue weighted by Gasteiger charge is 2.12. The van der Waals surface area contributed by atoms with Crippen molar-refractivity contribution >= 4 is 64.5 Å². The number of Topliss-reactive ketones (excluding diaryl/α,β-unsaturated/α-hetero) is 1. The fourth-order valence-electron chi connectivity index (χ4n) is 2.33. The fraction of sp³-hybridized carbons (Fsp3) is 0.105. The standard InChI is InChI=1S/C19H17Cl2N7O2S/c1-11(29)12-3-6-15(7-4-12)24-17(30)10-31-19-27-26-18(28(19)22)25-23-9-13-2-5-14(20)8-16(13)21/h2-9H,10,22H2,1H3,(H,24,30)(H,25,26)/b23-9+. The van der Waals surface area contributed by atoms with Gasteiger partial charge in [0.15, 0.2) is 5.78 Å². The lowest BCUT2D eigenvalue weighted by molar-refractivity contribution is -0.113. The van der Waals surface area contributed by atoms with E-state index in [1.807, 2.05) is 0 Å². The summed E-state index contributed by atoms with van der Waals surface area (Å²) < 4.78 is 1.18. The quantitative estimate of drug-likeness (QED) is 0.148. The summed E-state index contributed by atoms with van der Waals surface area (Å²) in [6, 6.07) is 11.6. The zero-order valence-electron chi connectivity index (χ0n) is 16.2. The van der Waals surface area contributed by atoms with Gasteiger partial charge in [-0.3, -0.25) is 9.59 Å². The Hall–Kier alpha value is -3.08. The number of anilines is 2. The smallest absolute Gasteiger partial charge is 0.264 e. The summed E-state index contributed by atoms with van der Waals surface area (Å²) in [5.41, 5.74) is 4.48. The number of nitrogens with zero attached hydrogens (tertiary/aromatic N) is 4. The van der Waals surface area contributed by atoms with Crippen LogP contribution in [0.5, 0.6) is 0 Å².